The van der Waals surface area contributed by atoms with Gasteiger partial charge in [-0.05, 0) is 98.0 Å². The maximum atomic E-state index is 15.0. The van der Waals surface area contributed by atoms with Gasteiger partial charge in [0.2, 0.25) is 0 Å². The van der Waals surface area contributed by atoms with Gasteiger partial charge < -0.3 is 0 Å². The minimum Gasteiger partial charge on any atom is -0.281 e. The van der Waals surface area contributed by atoms with Gasteiger partial charge in [-0.25, -0.2) is 17.6 Å². The van der Waals surface area contributed by atoms with E-state index < -0.39 is 23.3 Å². The van der Waals surface area contributed by atoms with Gasteiger partial charge in [-0.3, -0.25) is 5.14 Å². The molecule has 2 aromatic carbocycles. The van der Waals surface area contributed by atoms with E-state index in [1.165, 1.54) is 63.9 Å². The lowest BCUT2D eigenvalue weighted by atomic mass is 9.68. The molecule has 0 radical (unpaired) electrons. The van der Waals surface area contributed by atoms with E-state index in [0.717, 1.165) is 29.9 Å². The van der Waals surface area contributed by atoms with Crippen LogP contribution in [0.2, 0.25) is 0 Å². The summed E-state index contributed by atoms with van der Waals surface area (Å²) >= 11 is 3.03. The molecule has 2 fully saturated rings. The van der Waals surface area contributed by atoms with Crippen LogP contribution in [0.3, 0.4) is 0 Å². The summed E-state index contributed by atoms with van der Waals surface area (Å²) in [5, 5.41) is 4.19. The number of rotatable bonds is 4. The lowest BCUT2D eigenvalue weighted by Crippen LogP contribution is -2.24. The largest absolute Gasteiger partial charge is 0.281 e. The van der Waals surface area contributed by atoms with E-state index in [4.69, 9.17) is 0 Å². The number of hydrogen-bond acceptors (Lipinski definition) is 2. The number of benzene rings is 2. The van der Waals surface area contributed by atoms with Gasteiger partial charge in [-0.1, -0.05) is 44.0 Å². The molecule has 0 aliphatic heterocycles. The lowest BCUT2D eigenvalue weighted by molar-refractivity contribution is 0.165. The zero-order chi connectivity index (χ0) is 24.8. The molecular formula is C28H35F4NS. The van der Waals surface area contributed by atoms with Crippen LogP contribution in [-0.2, 0) is 0 Å². The van der Waals surface area contributed by atoms with Crippen LogP contribution < -0.4 is 5.14 Å². The van der Waals surface area contributed by atoms with Gasteiger partial charge >= 0.3 is 0 Å². The monoisotopic (exact) mass is 493 g/mol. The van der Waals surface area contributed by atoms with E-state index in [1.54, 1.807) is 12.1 Å². The molecule has 34 heavy (non-hydrogen) atoms. The third kappa shape index (κ3) is 6.25. The highest BCUT2D eigenvalue weighted by molar-refractivity contribution is 7.77. The predicted octanol–water partition coefficient (Wildman–Crippen LogP) is 8.85. The first-order valence-electron chi connectivity index (χ1n) is 12.2. The summed E-state index contributed by atoms with van der Waals surface area (Å²) in [6.07, 6.45) is 10.4. The molecule has 2 aliphatic rings. The third-order valence-corrected chi connectivity index (χ3v) is 7.88. The van der Waals surface area contributed by atoms with Crippen LogP contribution in [0.4, 0.5) is 17.6 Å². The number of halogens is 4. The molecule has 0 saturated heterocycles. The summed E-state index contributed by atoms with van der Waals surface area (Å²) in [6.45, 7) is 3.81. The van der Waals surface area contributed by atoms with E-state index in [1.807, 2.05) is 12.1 Å². The molecular weight excluding hydrogens is 458 g/mol. The molecule has 4 rings (SSSR count). The smallest absolute Gasteiger partial charge is 0.194 e. The van der Waals surface area contributed by atoms with E-state index in [-0.39, 0.29) is 11.1 Å². The maximum absolute atomic E-state index is 15.0. The van der Waals surface area contributed by atoms with Gasteiger partial charge in [0.15, 0.2) is 17.5 Å². The average molecular weight is 494 g/mol. The van der Waals surface area contributed by atoms with Crippen LogP contribution in [0.1, 0.15) is 87.8 Å². The Hall–Kier alpha value is -1.79. The summed E-state index contributed by atoms with van der Waals surface area (Å²) in [5.74, 6) is -1.58. The molecule has 0 spiro atoms. The van der Waals surface area contributed by atoms with Crippen molar-refractivity contribution in [1.82, 2.24) is 0 Å². The van der Waals surface area contributed by atoms with Crippen LogP contribution in [0.15, 0.2) is 36.4 Å². The first kappa shape index (κ1) is 26.8. The molecule has 186 valence electrons. The van der Waals surface area contributed by atoms with Crippen molar-refractivity contribution in [1.29, 1.82) is 0 Å². The predicted molar refractivity (Wildman–Crippen MR) is 135 cm³/mol. The molecule has 1 nitrogen and oxygen atoms in total. The summed E-state index contributed by atoms with van der Waals surface area (Å²) in [4.78, 5) is 0. The number of thiol groups is 1. The Bertz CT molecular complexity index is 949. The summed E-state index contributed by atoms with van der Waals surface area (Å²) < 4.78 is 55.2. The van der Waals surface area contributed by atoms with E-state index >= 15 is 0 Å². The molecule has 2 aliphatic carbocycles. The maximum Gasteiger partial charge on any atom is 0.194 e. The van der Waals surface area contributed by atoms with Gasteiger partial charge in [0, 0.05) is 5.56 Å². The Morgan fingerprint density at radius 3 is 1.74 bits per heavy atom. The van der Waals surface area contributed by atoms with Crippen molar-refractivity contribution >= 4 is 24.2 Å². The van der Waals surface area contributed by atoms with Crippen molar-refractivity contribution < 1.29 is 17.6 Å². The van der Waals surface area contributed by atoms with Crippen molar-refractivity contribution in [3.63, 3.8) is 0 Å². The van der Waals surface area contributed by atoms with Crippen LogP contribution in [0.25, 0.3) is 11.4 Å². The summed E-state index contributed by atoms with van der Waals surface area (Å²) in [7, 11) is 0. The molecule has 0 amide bonds. The first-order valence-corrected chi connectivity index (χ1v) is 12.7. The minimum atomic E-state index is -1.54. The average Bonchev–Trinajstić information content (AvgIpc) is 2.88. The highest BCUT2D eigenvalue weighted by Crippen LogP contribution is 2.44. The second-order valence-corrected chi connectivity index (χ2v) is 9.95. The SMILES string of the molecule is C/C(=C(/F)c1ccc(C2CCC(C3CCC(C)CC3)CC2)cc1)c1cc(F)c(F)c(F)c1.NS. The molecule has 6 heteroatoms. The Balaban J connectivity index is 0.00000158. The molecule has 2 saturated carbocycles. The molecule has 0 heterocycles. The van der Waals surface area contributed by atoms with Crippen LogP contribution in [0, 0.1) is 35.2 Å². The van der Waals surface area contributed by atoms with E-state index in [0.29, 0.717) is 11.5 Å². The molecule has 2 N–H and O–H groups in total. The minimum absolute atomic E-state index is 0.00148. The van der Waals surface area contributed by atoms with E-state index in [9.17, 15) is 17.6 Å². The number of allylic oxidation sites excluding steroid dienone is 1. The molecule has 0 aromatic heterocycles. The quantitative estimate of drug-likeness (QED) is 0.189. The normalized spacial score (nSPS) is 25.8. The van der Waals surface area contributed by atoms with Crippen LogP contribution in [-0.4, -0.2) is 0 Å². The number of nitrogens with two attached hydrogens (primary N) is 1. The molecule has 2 aromatic rings. The Labute approximate surface area is 206 Å². The third-order valence-electron chi connectivity index (χ3n) is 7.88. The van der Waals surface area contributed by atoms with Crippen LogP contribution in [0.5, 0.6) is 0 Å². The second-order valence-electron chi connectivity index (χ2n) is 9.95. The Morgan fingerprint density at radius 2 is 1.24 bits per heavy atom. The van der Waals surface area contributed by atoms with Crippen molar-refractivity contribution in [2.24, 2.45) is 22.9 Å². The summed E-state index contributed by atoms with van der Waals surface area (Å²) in [6, 6.07) is 9.07. The molecule has 0 bridgehead atoms. The van der Waals surface area contributed by atoms with Crippen molar-refractivity contribution in [3.8, 4) is 0 Å². The fourth-order valence-electron chi connectivity index (χ4n) is 5.70. The Morgan fingerprint density at radius 1 is 0.765 bits per heavy atom. The fourth-order valence-corrected chi connectivity index (χ4v) is 5.70. The first-order chi connectivity index (χ1) is 16.3. The zero-order valence-corrected chi connectivity index (χ0v) is 20.9. The molecule has 0 unspecified atom stereocenters. The van der Waals surface area contributed by atoms with Gasteiger partial charge in [-0.2, -0.15) is 0 Å². The topological polar surface area (TPSA) is 26.0 Å². The summed E-state index contributed by atoms with van der Waals surface area (Å²) in [5.41, 5.74) is 1.67. The van der Waals surface area contributed by atoms with Crippen LogP contribution >= 0.6 is 12.8 Å². The van der Waals surface area contributed by atoms with Gasteiger partial charge in [-0.15, -0.1) is 12.8 Å². The van der Waals surface area contributed by atoms with Crippen molar-refractivity contribution in [3.05, 3.63) is 70.5 Å². The highest BCUT2D eigenvalue weighted by Gasteiger charge is 2.30. The highest BCUT2D eigenvalue weighted by atomic mass is 32.1. The van der Waals surface area contributed by atoms with E-state index in [2.05, 4.69) is 24.9 Å². The Kier molecular flexibility index (Phi) is 9.66. The van der Waals surface area contributed by atoms with Crippen molar-refractivity contribution in [2.45, 2.75) is 71.1 Å². The fraction of sp³-hybridized carbons (Fsp3) is 0.500. The standard InChI is InChI=1S/C28H32F4.H3NS/c1-17-3-5-19(6-4-17)20-7-9-21(10-8-20)22-11-13-23(14-12-22)27(31)18(2)24-15-25(29)28(32)26(30)16-24;1-2/h11-17,19-21H,3-10H2,1-2H3;2H,1H2/b27-18-;. The van der Waals surface area contributed by atoms with Gasteiger partial charge in [0.05, 0.1) is 0 Å². The van der Waals surface area contributed by atoms with Crippen molar-refractivity contribution in [2.75, 3.05) is 0 Å². The number of hydrogen-bond donors (Lipinski definition) is 2. The lowest BCUT2D eigenvalue weighted by Gasteiger charge is -2.37. The van der Waals surface area contributed by atoms with Gasteiger partial charge in [0.1, 0.15) is 5.83 Å². The van der Waals surface area contributed by atoms with Gasteiger partial charge in [0.25, 0.3) is 0 Å². The zero-order valence-electron chi connectivity index (χ0n) is 20.0. The molecule has 0 atom stereocenters. The second kappa shape index (κ2) is 12.3.